The van der Waals surface area contributed by atoms with Crippen molar-refractivity contribution in [3.63, 3.8) is 0 Å². The lowest BCUT2D eigenvalue weighted by molar-refractivity contribution is -0.121. The molecule has 1 fully saturated rings. The Morgan fingerprint density at radius 3 is 2.47 bits per heavy atom. The molecule has 0 aliphatic carbocycles. The molecule has 2 rings (SSSR count). The minimum absolute atomic E-state index is 0.00135. The summed E-state index contributed by atoms with van der Waals surface area (Å²) < 4.78 is 0. The van der Waals surface area contributed by atoms with Crippen LogP contribution < -0.4 is 4.90 Å². The van der Waals surface area contributed by atoms with Gasteiger partial charge in [-0.1, -0.05) is 12.1 Å². The molecule has 0 unspecified atom stereocenters. The first-order chi connectivity index (χ1) is 8.20. The van der Waals surface area contributed by atoms with Gasteiger partial charge >= 0.3 is 0 Å². The highest BCUT2D eigenvalue weighted by Crippen LogP contribution is 2.20. The lowest BCUT2D eigenvalue weighted by Gasteiger charge is -2.14. The van der Waals surface area contributed by atoms with Gasteiger partial charge in [0.25, 0.3) is 0 Å². The second kappa shape index (κ2) is 5.36. The molecule has 1 amide bonds. The predicted molar refractivity (Wildman–Crippen MR) is 70.5 cm³/mol. The average molecular weight is 249 g/mol. The Bertz CT molecular complexity index is 428. The zero-order valence-electron chi connectivity index (χ0n) is 9.81. The number of Topliss-reactive ketones (excluding diaryl/α,β-unsaturated/α-hetero) is 1. The zero-order valence-corrected chi connectivity index (χ0v) is 10.6. The number of rotatable bonds is 4. The van der Waals surface area contributed by atoms with Crippen molar-refractivity contribution in [3.8, 4) is 0 Å². The lowest BCUT2D eigenvalue weighted by atomic mass is 10.1. The van der Waals surface area contributed by atoms with Gasteiger partial charge in [0, 0.05) is 5.69 Å². The van der Waals surface area contributed by atoms with Crippen LogP contribution in [0.15, 0.2) is 24.3 Å². The molecule has 0 saturated carbocycles. The number of ketones is 1. The van der Waals surface area contributed by atoms with Crippen molar-refractivity contribution in [1.82, 2.24) is 0 Å². The molecule has 0 atom stereocenters. The number of hydrogen-bond acceptors (Lipinski definition) is 3. The van der Waals surface area contributed by atoms with Gasteiger partial charge in [-0.3, -0.25) is 9.59 Å². The van der Waals surface area contributed by atoms with Crippen molar-refractivity contribution in [2.24, 2.45) is 0 Å². The maximum atomic E-state index is 11.5. The van der Waals surface area contributed by atoms with Crippen molar-refractivity contribution in [2.75, 3.05) is 23.5 Å². The van der Waals surface area contributed by atoms with Crippen LogP contribution in [-0.2, 0) is 16.0 Å². The molecule has 17 heavy (non-hydrogen) atoms. The van der Waals surface area contributed by atoms with Crippen molar-refractivity contribution < 1.29 is 9.59 Å². The molecule has 3 nitrogen and oxygen atoms in total. The maximum absolute atomic E-state index is 11.5. The third-order valence-electron chi connectivity index (χ3n) is 2.83. The van der Waals surface area contributed by atoms with Crippen LogP contribution in [0.1, 0.15) is 12.0 Å². The highest BCUT2D eigenvalue weighted by molar-refractivity contribution is 7.98. The molecule has 0 bridgehead atoms. The van der Waals surface area contributed by atoms with E-state index in [9.17, 15) is 9.59 Å². The van der Waals surface area contributed by atoms with Crippen molar-refractivity contribution in [3.05, 3.63) is 29.8 Å². The van der Waals surface area contributed by atoms with Crippen molar-refractivity contribution in [2.45, 2.75) is 12.8 Å². The average Bonchev–Trinajstić information content (AvgIpc) is 2.66. The molecular formula is C13H15NO2S. The molecule has 1 heterocycles. The zero-order chi connectivity index (χ0) is 12.3. The highest BCUT2D eigenvalue weighted by atomic mass is 32.2. The van der Waals surface area contributed by atoms with Crippen LogP contribution in [0.2, 0.25) is 0 Å². The summed E-state index contributed by atoms with van der Waals surface area (Å²) in [4.78, 5) is 24.3. The number of hydrogen-bond donors (Lipinski definition) is 0. The maximum Gasteiger partial charge on any atom is 0.234 e. The first-order valence-corrected chi connectivity index (χ1v) is 7.00. The summed E-state index contributed by atoms with van der Waals surface area (Å²) >= 11 is 1.82. The molecule has 0 aromatic heterocycles. The Balaban J connectivity index is 2.07. The van der Waals surface area contributed by atoms with Gasteiger partial charge in [0.2, 0.25) is 5.91 Å². The predicted octanol–water partition coefficient (Wildman–Crippen LogP) is 1.90. The van der Waals surface area contributed by atoms with Crippen LogP contribution in [0.4, 0.5) is 5.69 Å². The largest absolute Gasteiger partial charge is 0.305 e. The van der Waals surface area contributed by atoms with E-state index in [1.54, 1.807) is 4.90 Å². The molecule has 1 aliphatic heterocycles. The van der Waals surface area contributed by atoms with Crippen LogP contribution in [0, 0.1) is 0 Å². The van der Waals surface area contributed by atoms with Gasteiger partial charge in [0.1, 0.15) is 0 Å². The Morgan fingerprint density at radius 1 is 1.24 bits per heavy atom. The van der Waals surface area contributed by atoms with Gasteiger partial charge in [-0.25, -0.2) is 0 Å². The van der Waals surface area contributed by atoms with E-state index in [1.807, 2.05) is 36.0 Å². The highest BCUT2D eigenvalue weighted by Gasteiger charge is 2.28. The van der Waals surface area contributed by atoms with E-state index in [4.69, 9.17) is 0 Å². The smallest absolute Gasteiger partial charge is 0.234 e. The molecule has 0 N–H and O–H groups in total. The quantitative estimate of drug-likeness (QED) is 0.765. The van der Waals surface area contributed by atoms with Gasteiger partial charge in [-0.15, -0.1) is 0 Å². The summed E-state index contributed by atoms with van der Waals surface area (Å²) in [5.41, 5.74) is 2.09. The fourth-order valence-corrected chi connectivity index (χ4v) is 2.32. The van der Waals surface area contributed by atoms with E-state index in [0.717, 1.165) is 17.9 Å². The van der Waals surface area contributed by atoms with Gasteiger partial charge < -0.3 is 4.90 Å². The van der Waals surface area contributed by atoms with E-state index in [-0.39, 0.29) is 24.7 Å². The number of thioether (sulfide) groups is 1. The van der Waals surface area contributed by atoms with E-state index in [1.165, 1.54) is 5.56 Å². The molecule has 0 radical (unpaired) electrons. The second-order valence-corrected chi connectivity index (χ2v) is 5.09. The number of aryl methyl sites for hydroxylation is 1. The van der Waals surface area contributed by atoms with Gasteiger partial charge in [0.05, 0.1) is 13.0 Å². The van der Waals surface area contributed by atoms with Gasteiger partial charge in [-0.2, -0.15) is 11.8 Å². The summed E-state index contributed by atoms with van der Waals surface area (Å²) in [5, 5.41) is 0. The van der Waals surface area contributed by atoms with E-state index in [2.05, 4.69) is 6.26 Å². The van der Waals surface area contributed by atoms with Crippen molar-refractivity contribution in [1.29, 1.82) is 0 Å². The number of nitrogens with zero attached hydrogens (tertiary/aromatic N) is 1. The van der Waals surface area contributed by atoms with Gasteiger partial charge in [-0.05, 0) is 36.1 Å². The Hall–Kier alpha value is -1.29. The molecule has 1 aliphatic rings. The van der Waals surface area contributed by atoms with Crippen LogP contribution in [-0.4, -0.2) is 30.2 Å². The first-order valence-electron chi connectivity index (χ1n) is 5.60. The first kappa shape index (κ1) is 12.2. The number of carbonyl (C=O) groups is 2. The van der Waals surface area contributed by atoms with Crippen LogP contribution >= 0.6 is 11.8 Å². The summed E-state index contributed by atoms with van der Waals surface area (Å²) in [7, 11) is 0. The SMILES string of the molecule is CSCCc1ccc(N2CC(=O)CC2=O)cc1. The van der Waals surface area contributed by atoms with Crippen LogP contribution in [0.25, 0.3) is 0 Å². The number of carbonyl (C=O) groups excluding carboxylic acids is 2. The standard InChI is InChI=1S/C13H15NO2S/c1-17-7-6-10-2-4-11(5-3-10)14-9-12(15)8-13(14)16/h2-5H,6-9H2,1H3. The van der Waals surface area contributed by atoms with E-state index < -0.39 is 0 Å². The Morgan fingerprint density at radius 2 is 1.94 bits per heavy atom. The minimum Gasteiger partial charge on any atom is -0.305 e. The molecule has 1 aromatic rings. The topological polar surface area (TPSA) is 37.4 Å². The van der Waals surface area contributed by atoms with E-state index >= 15 is 0 Å². The normalized spacial score (nSPS) is 15.7. The summed E-state index contributed by atoms with van der Waals surface area (Å²) in [6, 6.07) is 7.90. The fraction of sp³-hybridized carbons (Fsp3) is 0.385. The van der Waals surface area contributed by atoms with E-state index in [0.29, 0.717) is 0 Å². The molecule has 1 saturated heterocycles. The number of amides is 1. The second-order valence-electron chi connectivity index (χ2n) is 4.10. The number of anilines is 1. The fourth-order valence-electron chi connectivity index (χ4n) is 1.88. The van der Waals surface area contributed by atoms with Gasteiger partial charge in [0.15, 0.2) is 5.78 Å². The summed E-state index contributed by atoms with van der Waals surface area (Å²) in [6.07, 6.45) is 3.17. The molecule has 90 valence electrons. The molecule has 4 heteroatoms. The van der Waals surface area contributed by atoms with Crippen LogP contribution in [0.3, 0.4) is 0 Å². The summed E-state index contributed by atoms with van der Waals surface area (Å²) in [5.74, 6) is 1.01. The Labute approximate surface area is 105 Å². The third kappa shape index (κ3) is 2.88. The molecule has 1 aromatic carbocycles. The monoisotopic (exact) mass is 249 g/mol. The Kier molecular flexibility index (Phi) is 3.84. The number of benzene rings is 1. The molecule has 0 spiro atoms. The lowest BCUT2D eigenvalue weighted by Crippen LogP contribution is -2.24. The van der Waals surface area contributed by atoms with Crippen LogP contribution in [0.5, 0.6) is 0 Å². The summed E-state index contributed by atoms with van der Waals surface area (Å²) in [6.45, 7) is 0.225. The van der Waals surface area contributed by atoms with Crippen molar-refractivity contribution >= 4 is 29.1 Å². The molecular weight excluding hydrogens is 234 g/mol. The minimum atomic E-state index is -0.0909. The third-order valence-corrected chi connectivity index (χ3v) is 3.44.